The standard InChI is InChI=1S/C5H11NO.ClH/c1-3-5(7)6-4-2;/h3-4H2,1-2H3,(H,6,7);1H. The van der Waals surface area contributed by atoms with E-state index in [-0.39, 0.29) is 18.3 Å². The van der Waals surface area contributed by atoms with E-state index in [4.69, 9.17) is 0 Å². The van der Waals surface area contributed by atoms with E-state index in [9.17, 15) is 4.79 Å². The van der Waals surface area contributed by atoms with Gasteiger partial charge in [-0.3, -0.25) is 4.79 Å². The molecular formula is C5H12ClNO. The second-order valence-electron chi connectivity index (χ2n) is 1.31. The highest BCUT2D eigenvalue weighted by molar-refractivity contribution is 5.85. The summed E-state index contributed by atoms with van der Waals surface area (Å²) in [7, 11) is 0. The number of halogens is 1. The number of hydrogen-bond acceptors (Lipinski definition) is 1. The van der Waals surface area contributed by atoms with Gasteiger partial charge in [0.2, 0.25) is 5.91 Å². The lowest BCUT2D eigenvalue weighted by Gasteiger charge is -1.93. The largest absolute Gasteiger partial charge is 0.356 e. The van der Waals surface area contributed by atoms with Crippen LogP contribution in [0.2, 0.25) is 0 Å². The number of amides is 1. The summed E-state index contributed by atoms with van der Waals surface area (Å²) in [5.74, 6) is 0.127. The van der Waals surface area contributed by atoms with Gasteiger partial charge in [0.1, 0.15) is 0 Å². The number of carbonyl (C=O) groups excluding carboxylic acids is 1. The van der Waals surface area contributed by atoms with E-state index in [2.05, 4.69) is 5.32 Å². The molecular weight excluding hydrogens is 126 g/mol. The summed E-state index contributed by atoms with van der Waals surface area (Å²) in [4.78, 5) is 10.3. The first-order chi connectivity index (χ1) is 3.31. The van der Waals surface area contributed by atoms with Crippen molar-refractivity contribution < 1.29 is 4.79 Å². The van der Waals surface area contributed by atoms with Gasteiger partial charge in [0.15, 0.2) is 0 Å². The van der Waals surface area contributed by atoms with Gasteiger partial charge in [0, 0.05) is 13.0 Å². The average Bonchev–Trinajstić information content (AvgIpc) is 1.68. The van der Waals surface area contributed by atoms with E-state index < -0.39 is 0 Å². The molecule has 0 fully saturated rings. The minimum atomic E-state index is 0. The lowest BCUT2D eigenvalue weighted by molar-refractivity contribution is -0.120. The average molecular weight is 138 g/mol. The van der Waals surface area contributed by atoms with Crippen LogP contribution in [0.5, 0.6) is 0 Å². The Balaban J connectivity index is 0. The quantitative estimate of drug-likeness (QED) is 0.604. The highest BCUT2D eigenvalue weighted by Gasteiger charge is 1.88. The molecule has 0 aromatic carbocycles. The smallest absolute Gasteiger partial charge is 0.219 e. The maximum absolute atomic E-state index is 10.3. The van der Waals surface area contributed by atoms with Crippen molar-refractivity contribution in [1.82, 2.24) is 5.32 Å². The molecule has 0 aliphatic rings. The zero-order valence-electron chi connectivity index (χ0n) is 5.23. The number of hydrogen-bond donors (Lipinski definition) is 1. The van der Waals surface area contributed by atoms with Crippen LogP contribution in [0.3, 0.4) is 0 Å². The van der Waals surface area contributed by atoms with Crippen LogP contribution in [-0.2, 0) is 4.79 Å². The van der Waals surface area contributed by atoms with E-state index in [1.807, 2.05) is 13.8 Å². The molecule has 0 radical (unpaired) electrons. The first-order valence-corrected chi connectivity index (χ1v) is 2.58. The summed E-state index contributed by atoms with van der Waals surface area (Å²) in [6.07, 6.45) is 0.591. The van der Waals surface area contributed by atoms with E-state index in [0.29, 0.717) is 6.42 Å². The molecule has 0 aromatic rings. The van der Waals surface area contributed by atoms with Crippen molar-refractivity contribution in [1.29, 1.82) is 0 Å². The molecule has 0 aliphatic heterocycles. The Hall–Kier alpha value is -0.240. The van der Waals surface area contributed by atoms with Crippen molar-refractivity contribution in [2.24, 2.45) is 0 Å². The van der Waals surface area contributed by atoms with Gasteiger partial charge >= 0.3 is 0 Å². The summed E-state index contributed by atoms with van der Waals surface area (Å²) in [6.45, 7) is 4.49. The highest BCUT2D eigenvalue weighted by atomic mass is 35.5. The Morgan fingerprint density at radius 3 is 2.12 bits per heavy atom. The first kappa shape index (κ1) is 10.7. The molecule has 2 nitrogen and oxygen atoms in total. The molecule has 0 unspecified atom stereocenters. The van der Waals surface area contributed by atoms with Crippen LogP contribution in [0.4, 0.5) is 0 Å². The SMILES string of the molecule is CCNC(=O)CC.Cl. The van der Waals surface area contributed by atoms with Crippen molar-refractivity contribution in [2.45, 2.75) is 20.3 Å². The number of rotatable bonds is 2. The molecule has 0 atom stereocenters. The Labute approximate surface area is 56.1 Å². The van der Waals surface area contributed by atoms with Crippen molar-refractivity contribution >= 4 is 18.3 Å². The molecule has 0 saturated heterocycles. The van der Waals surface area contributed by atoms with Gasteiger partial charge in [-0.05, 0) is 6.92 Å². The Kier molecular flexibility index (Phi) is 9.03. The molecule has 0 spiro atoms. The fourth-order valence-corrected chi connectivity index (χ4v) is 0.322. The van der Waals surface area contributed by atoms with Crippen LogP contribution in [-0.4, -0.2) is 12.5 Å². The van der Waals surface area contributed by atoms with Gasteiger partial charge in [-0.2, -0.15) is 0 Å². The summed E-state index contributed by atoms with van der Waals surface area (Å²) in [6, 6.07) is 0. The molecule has 8 heavy (non-hydrogen) atoms. The minimum absolute atomic E-state index is 0. The highest BCUT2D eigenvalue weighted by Crippen LogP contribution is 1.70. The maximum Gasteiger partial charge on any atom is 0.219 e. The van der Waals surface area contributed by atoms with Crippen LogP contribution in [0, 0.1) is 0 Å². The molecule has 50 valence electrons. The van der Waals surface area contributed by atoms with Crippen molar-refractivity contribution in [3.63, 3.8) is 0 Å². The van der Waals surface area contributed by atoms with Gasteiger partial charge in [-0.25, -0.2) is 0 Å². The second kappa shape index (κ2) is 6.76. The predicted octanol–water partition coefficient (Wildman–Crippen LogP) is 0.954. The summed E-state index contributed by atoms with van der Waals surface area (Å²) < 4.78 is 0. The number of carbonyl (C=O) groups is 1. The first-order valence-electron chi connectivity index (χ1n) is 2.58. The lowest BCUT2D eigenvalue weighted by Crippen LogP contribution is -2.20. The van der Waals surface area contributed by atoms with Crippen molar-refractivity contribution in [3.05, 3.63) is 0 Å². The second-order valence-corrected chi connectivity index (χ2v) is 1.31. The molecule has 3 heteroatoms. The van der Waals surface area contributed by atoms with E-state index >= 15 is 0 Å². The van der Waals surface area contributed by atoms with Crippen LogP contribution >= 0.6 is 12.4 Å². The van der Waals surface area contributed by atoms with Crippen molar-refractivity contribution in [3.8, 4) is 0 Å². The molecule has 0 bridgehead atoms. The van der Waals surface area contributed by atoms with Crippen LogP contribution < -0.4 is 5.32 Å². The fourth-order valence-electron chi connectivity index (χ4n) is 0.322. The third-order valence-electron chi connectivity index (χ3n) is 0.695. The molecule has 0 rings (SSSR count). The monoisotopic (exact) mass is 137 g/mol. The van der Waals surface area contributed by atoms with Gasteiger partial charge < -0.3 is 5.32 Å². The molecule has 1 N–H and O–H groups in total. The Morgan fingerprint density at radius 2 is 2.00 bits per heavy atom. The number of nitrogens with one attached hydrogen (secondary N) is 1. The predicted molar refractivity (Wildman–Crippen MR) is 36.2 cm³/mol. The van der Waals surface area contributed by atoms with Gasteiger partial charge in [0.25, 0.3) is 0 Å². The topological polar surface area (TPSA) is 29.1 Å². The zero-order valence-corrected chi connectivity index (χ0v) is 6.05. The minimum Gasteiger partial charge on any atom is -0.356 e. The zero-order chi connectivity index (χ0) is 5.70. The fraction of sp³-hybridized carbons (Fsp3) is 0.800. The lowest BCUT2D eigenvalue weighted by atomic mass is 10.4. The Bertz CT molecular complexity index is 65.4. The van der Waals surface area contributed by atoms with Crippen LogP contribution in [0.1, 0.15) is 20.3 Å². The summed E-state index contributed by atoms with van der Waals surface area (Å²) >= 11 is 0. The summed E-state index contributed by atoms with van der Waals surface area (Å²) in [5, 5.41) is 2.66. The third-order valence-corrected chi connectivity index (χ3v) is 0.695. The van der Waals surface area contributed by atoms with Gasteiger partial charge in [-0.1, -0.05) is 6.92 Å². The molecule has 0 aliphatic carbocycles. The molecule has 0 heterocycles. The van der Waals surface area contributed by atoms with Crippen LogP contribution in [0.15, 0.2) is 0 Å². The van der Waals surface area contributed by atoms with Gasteiger partial charge in [0.05, 0.1) is 0 Å². The van der Waals surface area contributed by atoms with Gasteiger partial charge in [-0.15, -0.1) is 12.4 Å². The summed E-state index contributed by atoms with van der Waals surface area (Å²) in [5.41, 5.74) is 0. The molecule has 1 amide bonds. The van der Waals surface area contributed by atoms with Crippen molar-refractivity contribution in [2.75, 3.05) is 6.54 Å². The van der Waals surface area contributed by atoms with E-state index in [1.165, 1.54) is 0 Å². The van der Waals surface area contributed by atoms with E-state index in [1.54, 1.807) is 0 Å². The van der Waals surface area contributed by atoms with Crippen LogP contribution in [0.25, 0.3) is 0 Å². The molecule has 0 saturated carbocycles. The van der Waals surface area contributed by atoms with E-state index in [0.717, 1.165) is 6.54 Å². The molecule has 0 aromatic heterocycles. The third kappa shape index (κ3) is 5.76. The Morgan fingerprint density at radius 1 is 1.50 bits per heavy atom. The maximum atomic E-state index is 10.3. The normalized spacial score (nSPS) is 7.25.